The SMILES string of the molecule is CCN(c1ccccc1)c1ccc(C(=O)NCCC(C)C)cn1. The zero-order chi connectivity index (χ0) is 16.7. The Balaban J connectivity index is 2.05. The fourth-order valence-corrected chi connectivity index (χ4v) is 2.34. The molecule has 0 fully saturated rings. The number of benzene rings is 1. The molecule has 4 nitrogen and oxygen atoms in total. The third kappa shape index (κ3) is 4.81. The Morgan fingerprint density at radius 2 is 1.91 bits per heavy atom. The van der Waals surface area contributed by atoms with Crippen molar-refractivity contribution in [1.82, 2.24) is 10.3 Å². The van der Waals surface area contributed by atoms with E-state index < -0.39 is 0 Å². The summed E-state index contributed by atoms with van der Waals surface area (Å²) in [5.41, 5.74) is 1.69. The Kier molecular flexibility index (Phi) is 6.15. The second-order valence-electron chi connectivity index (χ2n) is 5.92. The van der Waals surface area contributed by atoms with E-state index in [2.05, 4.69) is 48.1 Å². The highest BCUT2D eigenvalue weighted by Crippen LogP contribution is 2.22. The summed E-state index contributed by atoms with van der Waals surface area (Å²) in [4.78, 5) is 18.6. The van der Waals surface area contributed by atoms with E-state index in [9.17, 15) is 4.79 Å². The Bertz CT molecular complexity index is 608. The number of rotatable bonds is 7. The first kappa shape index (κ1) is 17.0. The third-order valence-electron chi connectivity index (χ3n) is 3.68. The molecule has 0 aliphatic rings. The van der Waals surface area contributed by atoms with Crippen LogP contribution in [0.15, 0.2) is 48.7 Å². The number of hydrogen-bond acceptors (Lipinski definition) is 3. The van der Waals surface area contributed by atoms with Gasteiger partial charge in [0.25, 0.3) is 5.91 Å². The van der Waals surface area contributed by atoms with E-state index in [4.69, 9.17) is 0 Å². The van der Waals surface area contributed by atoms with Crippen LogP contribution in [0, 0.1) is 5.92 Å². The maximum absolute atomic E-state index is 12.1. The van der Waals surface area contributed by atoms with Crippen LogP contribution in [0.2, 0.25) is 0 Å². The summed E-state index contributed by atoms with van der Waals surface area (Å²) in [7, 11) is 0. The molecule has 0 unspecified atom stereocenters. The number of para-hydroxylation sites is 1. The second kappa shape index (κ2) is 8.32. The number of anilines is 2. The Hall–Kier alpha value is -2.36. The fourth-order valence-electron chi connectivity index (χ4n) is 2.34. The van der Waals surface area contributed by atoms with Gasteiger partial charge in [-0.3, -0.25) is 4.79 Å². The van der Waals surface area contributed by atoms with Crippen LogP contribution in [0.5, 0.6) is 0 Å². The van der Waals surface area contributed by atoms with Crippen molar-refractivity contribution in [2.75, 3.05) is 18.0 Å². The predicted molar refractivity (Wildman–Crippen MR) is 95.1 cm³/mol. The Labute approximate surface area is 138 Å². The largest absolute Gasteiger partial charge is 0.352 e. The van der Waals surface area contributed by atoms with Crippen molar-refractivity contribution in [1.29, 1.82) is 0 Å². The minimum atomic E-state index is -0.0625. The zero-order valence-electron chi connectivity index (χ0n) is 14.1. The Morgan fingerprint density at radius 1 is 1.17 bits per heavy atom. The van der Waals surface area contributed by atoms with Crippen LogP contribution in [0.3, 0.4) is 0 Å². The maximum Gasteiger partial charge on any atom is 0.252 e. The second-order valence-corrected chi connectivity index (χ2v) is 5.92. The van der Waals surface area contributed by atoms with E-state index >= 15 is 0 Å². The molecule has 1 aromatic carbocycles. The van der Waals surface area contributed by atoms with Gasteiger partial charge in [0.15, 0.2) is 0 Å². The summed E-state index contributed by atoms with van der Waals surface area (Å²) < 4.78 is 0. The normalized spacial score (nSPS) is 10.6. The highest BCUT2D eigenvalue weighted by Gasteiger charge is 2.10. The third-order valence-corrected chi connectivity index (χ3v) is 3.68. The van der Waals surface area contributed by atoms with Crippen molar-refractivity contribution in [2.45, 2.75) is 27.2 Å². The highest BCUT2D eigenvalue weighted by molar-refractivity contribution is 5.94. The quantitative estimate of drug-likeness (QED) is 0.840. The highest BCUT2D eigenvalue weighted by atomic mass is 16.1. The zero-order valence-corrected chi connectivity index (χ0v) is 14.1. The number of carbonyl (C=O) groups excluding carboxylic acids is 1. The van der Waals surface area contributed by atoms with Crippen LogP contribution in [-0.4, -0.2) is 24.0 Å². The van der Waals surface area contributed by atoms with Gasteiger partial charge in [0.05, 0.1) is 5.56 Å². The van der Waals surface area contributed by atoms with E-state index in [0.29, 0.717) is 18.0 Å². The van der Waals surface area contributed by atoms with Gasteiger partial charge in [-0.15, -0.1) is 0 Å². The molecule has 4 heteroatoms. The van der Waals surface area contributed by atoms with Crippen LogP contribution in [0.1, 0.15) is 37.6 Å². The molecule has 1 heterocycles. The number of aromatic nitrogens is 1. The molecule has 122 valence electrons. The van der Waals surface area contributed by atoms with Gasteiger partial charge in [-0.1, -0.05) is 32.0 Å². The molecule has 0 saturated heterocycles. The van der Waals surface area contributed by atoms with E-state index in [1.807, 2.05) is 30.3 Å². The lowest BCUT2D eigenvalue weighted by molar-refractivity contribution is 0.0951. The molecule has 2 rings (SSSR count). The van der Waals surface area contributed by atoms with Crippen LogP contribution < -0.4 is 10.2 Å². The van der Waals surface area contributed by atoms with Crippen molar-refractivity contribution >= 4 is 17.4 Å². The van der Waals surface area contributed by atoms with Crippen molar-refractivity contribution in [3.8, 4) is 0 Å². The molecule has 0 radical (unpaired) electrons. The average Bonchev–Trinajstić information content (AvgIpc) is 2.57. The van der Waals surface area contributed by atoms with Crippen molar-refractivity contribution in [3.05, 3.63) is 54.2 Å². The standard InChI is InChI=1S/C19H25N3O/c1-4-22(17-8-6-5-7-9-17)18-11-10-16(14-21-18)19(23)20-13-12-15(2)3/h5-11,14-15H,4,12-13H2,1-3H3,(H,20,23). The first-order valence-electron chi connectivity index (χ1n) is 8.18. The lowest BCUT2D eigenvalue weighted by atomic mass is 10.1. The summed E-state index contributed by atoms with van der Waals surface area (Å²) in [5, 5.41) is 2.93. The first-order chi connectivity index (χ1) is 11.1. The van der Waals surface area contributed by atoms with Gasteiger partial charge >= 0.3 is 0 Å². The van der Waals surface area contributed by atoms with Gasteiger partial charge in [0.1, 0.15) is 5.82 Å². The van der Waals surface area contributed by atoms with Gasteiger partial charge < -0.3 is 10.2 Å². The van der Waals surface area contributed by atoms with E-state index in [0.717, 1.165) is 24.5 Å². The first-order valence-corrected chi connectivity index (χ1v) is 8.18. The van der Waals surface area contributed by atoms with Gasteiger partial charge in [0, 0.05) is 25.0 Å². The number of pyridine rings is 1. The van der Waals surface area contributed by atoms with Gasteiger partial charge in [-0.05, 0) is 43.5 Å². The maximum atomic E-state index is 12.1. The minimum absolute atomic E-state index is 0.0625. The molecule has 1 N–H and O–H groups in total. The molecular formula is C19H25N3O. The van der Waals surface area contributed by atoms with Crippen LogP contribution in [-0.2, 0) is 0 Å². The van der Waals surface area contributed by atoms with Crippen LogP contribution in [0.4, 0.5) is 11.5 Å². The summed E-state index contributed by atoms with van der Waals surface area (Å²) in [6, 6.07) is 13.8. The lowest BCUT2D eigenvalue weighted by Crippen LogP contribution is -2.25. The number of hydrogen-bond donors (Lipinski definition) is 1. The summed E-state index contributed by atoms with van der Waals surface area (Å²) in [6.07, 6.45) is 2.63. The van der Waals surface area contributed by atoms with Gasteiger partial charge in [-0.25, -0.2) is 4.98 Å². The van der Waals surface area contributed by atoms with Crippen LogP contribution >= 0.6 is 0 Å². The molecule has 0 saturated carbocycles. The number of nitrogens with zero attached hydrogens (tertiary/aromatic N) is 2. The van der Waals surface area contributed by atoms with Crippen LogP contribution in [0.25, 0.3) is 0 Å². The molecule has 0 bridgehead atoms. The average molecular weight is 311 g/mol. The van der Waals surface area contributed by atoms with E-state index in [-0.39, 0.29) is 5.91 Å². The van der Waals surface area contributed by atoms with Gasteiger partial charge in [-0.2, -0.15) is 0 Å². The molecule has 0 aliphatic carbocycles. The summed E-state index contributed by atoms with van der Waals surface area (Å²) in [6.45, 7) is 7.89. The van der Waals surface area contributed by atoms with E-state index in [1.165, 1.54) is 0 Å². The monoisotopic (exact) mass is 311 g/mol. The summed E-state index contributed by atoms with van der Waals surface area (Å²) >= 11 is 0. The fraction of sp³-hybridized carbons (Fsp3) is 0.368. The molecule has 0 spiro atoms. The lowest BCUT2D eigenvalue weighted by Gasteiger charge is -2.22. The van der Waals surface area contributed by atoms with Crippen molar-refractivity contribution < 1.29 is 4.79 Å². The molecule has 1 aromatic heterocycles. The number of carbonyl (C=O) groups is 1. The Morgan fingerprint density at radius 3 is 2.48 bits per heavy atom. The number of nitrogens with one attached hydrogen (secondary N) is 1. The van der Waals surface area contributed by atoms with Gasteiger partial charge in [0.2, 0.25) is 0 Å². The molecule has 0 aliphatic heterocycles. The molecule has 23 heavy (non-hydrogen) atoms. The number of amides is 1. The minimum Gasteiger partial charge on any atom is -0.352 e. The topological polar surface area (TPSA) is 45.2 Å². The molecule has 0 atom stereocenters. The summed E-state index contributed by atoms with van der Waals surface area (Å²) in [5.74, 6) is 1.37. The predicted octanol–water partition coefficient (Wildman–Crippen LogP) is 4.02. The smallest absolute Gasteiger partial charge is 0.252 e. The van der Waals surface area contributed by atoms with Crippen molar-refractivity contribution in [3.63, 3.8) is 0 Å². The van der Waals surface area contributed by atoms with E-state index in [1.54, 1.807) is 6.20 Å². The van der Waals surface area contributed by atoms with Crippen molar-refractivity contribution in [2.24, 2.45) is 5.92 Å². The molecule has 2 aromatic rings. The molecular weight excluding hydrogens is 286 g/mol. The molecule has 1 amide bonds.